The number of carbonyl (C=O) groups excluding carboxylic acids is 1. The molecule has 0 aliphatic heterocycles. The summed E-state index contributed by atoms with van der Waals surface area (Å²) in [5.41, 5.74) is 0.776. The van der Waals surface area contributed by atoms with Crippen LogP contribution in [0.3, 0.4) is 0 Å². The van der Waals surface area contributed by atoms with Gasteiger partial charge in [-0.05, 0) is 26.0 Å². The molecule has 17 heavy (non-hydrogen) atoms. The number of amides is 1. The van der Waals surface area contributed by atoms with E-state index in [9.17, 15) is 4.79 Å². The monoisotopic (exact) mass is 231 g/mol. The molecule has 1 amide bonds. The molecule has 0 radical (unpaired) electrons. The average Bonchev–Trinajstić information content (AvgIpc) is 2.29. The molecular formula is C13H17N3O. The molecule has 0 heterocycles. The van der Waals surface area contributed by atoms with Gasteiger partial charge in [-0.2, -0.15) is 5.26 Å². The molecule has 0 spiro atoms. The van der Waals surface area contributed by atoms with Gasteiger partial charge in [0.05, 0.1) is 19.2 Å². The van der Waals surface area contributed by atoms with E-state index in [4.69, 9.17) is 5.26 Å². The lowest BCUT2D eigenvalue weighted by molar-refractivity contribution is -0.117. The van der Waals surface area contributed by atoms with Gasteiger partial charge in [0.15, 0.2) is 0 Å². The summed E-state index contributed by atoms with van der Waals surface area (Å²) in [6.07, 6.45) is 0. The van der Waals surface area contributed by atoms with Crippen LogP contribution in [0.15, 0.2) is 30.3 Å². The molecular weight excluding hydrogens is 214 g/mol. The molecule has 0 unspecified atom stereocenters. The number of nitriles is 1. The Kier molecular flexibility index (Phi) is 5.18. The number of hydrogen-bond acceptors (Lipinski definition) is 3. The Hall–Kier alpha value is -1.86. The van der Waals surface area contributed by atoms with Gasteiger partial charge >= 0.3 is 0 Å². The summed E-state index contributed by atoms with van der Waals surface area (Å²) in [6, 6.07) is 11.5. The molecule has 1 rings (SSSR count). The third-order valence-electron chi connectivity index (χ3n) is 2.41. The number of hydrogen-bond donors (Lipinski definition) is 1. The van der Waals surface area contributed by atoms with Crippen LogP contribution in [0.25, 0.3) is 0 Å². The number of nitrogens with zero attached hydrogens (tertiary/aromatic N) is 2. The summed E-state index contributed by atoms with van der Waals surface area (Å²) in [4.78, 5) is 13.6. The van der Waals surface area contributed by atoms with E-state index in [1.165, 1.54) is 0 Å². The first-order valence-electron chi connectivity index (χ1n) is 5.59. The van der Waals surface area contributed by atoms with Gasteiger partial charge in [0.2, 0.25) is 5.91 Å². The van der Waals surface area contributed by atoms with E-state index in [1.807, 2.05) is 49.1 Å². The van der Waals surface area contributed by atoms with Gasteiger partial charge in [-0.25, -0.2) is 0 Å². The van der Waals surface area contributed by atoms with Gasteiger partial charge in [-0.3, -0.25) is 9.69 Å². The number of para-hydroxylation sites is 1. The highest BCUT2D eigenvalue weighted by Gasteiger charge is 2.13. The molecule has 4 heteroatoms. The third-order valence-corrected chi connectivity index (χ3v) is 2.41. The Balaban J connectivity index is 2.51. The SMILES string of the molecule is CC(C)N(CC#N)CC(=O)Nc1ccccc1. The van der Waals surface area contributed by atoms with E-state index >= 15 is 0 Å². The number of carbonyl (C=O) groups is 1. The predicted molar refractivity (Wildman–Crippen MR) is 67.4 cm³/mol. The fourth-order valence-corrected chi connectivity index (χ4v) is 1.42. The van der Waals surface area contributed by atoms with Crippen molar-refractivity contribution >= 4 is 11.6 Å². The first-order valence-corrected chi connectivity index (χ1v) is 5.59. The van der Waals surface area contributed by atoms with E-state index < -0.39 is 0 Å². The van der Waals surface area contributed by atoms with Gasteiger partial charge in [-0.15, -0.1) is 0 Å². The van der Waals surface area contributed by atoms with Crippen LogP contribution in [0, 0.1) is 11.3 Å². The van der Waals surface area contributed by atoms with Crippen LogP contribution in [0.2, 0.25) is 0 Å². The van der Waals surface area contributed by atoms with Crippen LogP contribution < -0.4 is 5.32 Å². The zero-order valence-corrected chi connectivity index (χ0v) is 10.2. The molecule has 1 aromatic rings. The highest BCUT2D eigenvalue weighted by molar-refractivity contribution is 5.92. The zero-order chi connectivity index (χ0) is 12.7. The van der Waals surface area contributed by atoms with Crippen molar-refractivity contribution in [2.75, 3.05) is 18.4 Å². The zero-order valence-electron chi connectivity index (χ0n) is 10.2. The van der Waals surface area contributed by atoms with Crippen molar-refractivity contribution in [3.05, 3.63) is 30.3 Å². The number of nitrogens with one attached hydrogen (secondary N) is 1. The van der Waals surface area contributed by atoms with E-state index in [-0.39, 0.29) is 25.0 Å². The van der Waals surface area contributed by atoms with Crippen molar-refractivity contribution in [1.29, 1.82) is 5.26 Å². The molecule has 1 aromatic carbocycles. The van der Waals surface area contributed by atoms with Crippen LogP contribution in [-0.4, -0.2) is 29.9 Å². The number of benzene rings is 1. The van der Waals surface area contributed by atoms with Crippen molar-refractivity contribution in [3.8, 4) is 6.07 Å². The fraction of sp³-hybridized carbons (Fsp3) is 0.385. The van der Waals surface area contributed by atoms with Gasteiger partial charge in [0.1, 0.15) is 0 Å². The van der Waals surface area contributed by atoms with Crippen LogP contribution in [-0.2, 0) is 4.79 Å². The molecule has 0 aromatic heterocycles. The smallest absolute Gasteiger partial charge is 0.238 e. The standard InChI is InChI=1S/C13H17N3O/c1-11(2)16(9-8-14)10-13(17)15-12-6-4-3-5-7-12/h3-7,11H,9-10H2,1-2H3,(H,15,17). The summed E-state index contributed by atoms with van der Waals surface area (Å²) in [7, 11) is 0. The Morgan fingerprint density at radius 3 is 2.59 bits per heavy atom. The topological polar surface area (TPSA) is 56.1 Å². The second kappa shape index (κ2) is 6.66. The van der Waals surface area contributed by atoms with Gasteiger partial charge in [-0.1, -0.05) is 18.2 Å². The molecule has 0 saturated heterocycles. The van der Waals surface area contributed by atoms with Crippen LogP contribution in [0.1, 0.15) is 13.8 Å². The van der Waals surface area contributed by atoms with Crippen molar-refractivity contribution < 1.29 is 4.79 Å². The molecule has 0 saturated carbocycles. The fourth-order valence-electron chi connectivity index (χ4n) is 1.42. The van der Waals surface area contributed by atoms with Crippen molar-refractivity contribution in [1.82, 2.24) is 4.90 Å². The van der Waals surface area contributed by atoms with E-state index in [0.717, 1.165) is 5.69 Å². The van der Waals surface area contributed by atoms with Crippen molar-refractivity contribution in [2.45, 2.75) is 19.9 Å². The minimum Gasteiger partial charge on any atom is -0.325 e. The normalized spacial score (nSPS) is 10.3. The maximum Gasteiger partial charge on any atom is 0.238 e. The van der Waals surface area contributed by atoms with Crippen LogP contribution in [0.5, 0.6) is 0 Å². The minimum absolute atomic E-state index is 0.0971. The van der Waals surface area contributed by atoms with Gasteiger partial charge in [0.25, 0.3) is 0 Å². The van der Waals surface area contributed by atoms with E-state index in [1.54, 1.807) is 0 Å². The van der Waals surface area contributed by atoms with Crippen LogP contribution in [0.4, 0.5) is 5.69 Å². The summed E-state index contributed by atoms with van der Waals surface area (Å²) in [6.45, 7) is 4.43. The first kappa shape index (κ1) is 13.2. The predicted octanol–water partition coefficient (Wildman–Crippen LogP) is 1.86. The second-order valence-electron chi connectivity index (χ2n) is 4.07. The number of anilines is 1. The molecule has 0 aliphatic rings. The Morgan fingerprint density at radius 1 is 1.41 bits per heavy atom. The summed E-state index contributed by atoms with van der Waals surface area (Å²) in [5.74, 6) is -0.0971. The maximum atomic E-state index is 11.7. The third kappa shape index (κ3) is 4.66. The molecule has 0 atom stereocenters. The van der Waals surface area contributed by atoms with E-state index in [2.05, 4.69) is 11.4 Å². The Labute approximate surface area is 102 Å². The maximum absolute atomic E-state index is 11.7. The summed E-state index contributed by atoms with van der Waals surface area (Å²) >= 11 is 0. The van der Waals surface area contributed by atoms with Crippen LogP contribution >= 0.6 is 0 Å². The highest BCUT2D eigenvalue weighted by Crippen LogP contribution is 2.05. The van der Waals surface area contributed by atoms with Gasteiger partial charge < -0.3 is 5.32 Å². The highest BCUT2D eigenvalue weighted by atomic mass is 16.2. The lowest BCUT2D eigenvalue weighted by Crippen LogP contribution is -2.38. The van der Waals surface area contributed by atoms with E-state index in [0.29, 0.717) is 0 Å². The Morgan fingerprint density at radius 2 is 2.06 bits per heavy atom. The Bertz CT molecular complexity index is 395. The minimum atomic E-state index is -0.0971. The molecule has 1 N–H and O–H groups in total. The van der Waals surface area contributed by atoms with Gasteiger partial charge in [0, 0.05) is 11.7 Å². The second-order valence-corrected chi connectivity index (χ2v) is 4.07. The molecule has 0 bridgehead atoms. The largest absolute Gasteiger partial charge is 0.325 e. The molecule has 90 valence electrons. The van der Waals surface area contributed by atoms with Crippen molar-refractivity contribution in [3.63, 3.8) is 0 Å². The molecule has 0 aliphatic carbocycles. The lowest BCUT2D eigenvalue weighted by atomic mass is 10.3. The van der Waals surface area contributed by atoms with Crippen molar-refractivity contribution in [2.24, 2.45) is 0 Å². The first-order chi connectivity index (χ1) is 8.13. The lowest BCUT2D eigenvalue weighted by Gasteiger charge is -2.22. The molecule has 0 fully saturated rings. The molecule has 4 nitrogen and oxygen atoms in total. The summed E-state index contributed by atoms with van der Waals surface area (Å²) < 4.78 is 0. The number of rotatable bonds is 5. The quantitative estimate of drug-likeness (QED) is 0.787. The summed E-state index contributed by atoms with van der Waals surface area (Å²) in [5, 5.41) is 11.5. The average molecular weight is 231 g/mol.